The molecule has 0 spiro atoms. The van der Waals surface area contributed by atoms with Crippen molar-refractivity contribution in [1.29, 1.82) is 0 Å². The first-order chi connectivity index (χ1) is 8.99. The van der Waals surface area contributed by atoms with Gasteiger partial charge >= 0.3 is 0 Å². The maximum atomic E-state index is 11.7. The zero-order valence-electron chi connectivity index (χ0n) is 11.2. The van der Waals surface area contributed by atoms with E-state index < -0.39 is 0 Å². The maximum absolute atomic E-state index is 11.7. The molecule has 5 heteroatoms. The van der Waals surface area contributed by atoms with Gasteiger partial charge in [-0.2, -0.15) is 0 Å². The van der Waals surface area contributed by atoms with E-state index in [0.717, 1.165) is 0 Å². The minimum absolute atomic E-state index is 0.00649. The van der Waals surface area contributed by atoms with Gasteiger partial charge in [0.05, 0.1) is 0 Å². The molecule has 4 nitrogen and oxygen atoms in total. The highest BCUT2D eigenvalue weighted by molar-refractivity contribution is 6.30. The van der Waals surface area contributed by atoms with Gasteiger partial charge in [0.15, 0.2) is 0 Å². The molecule has 0 saturated heterocycles. The van der Waals surface area contributed by atoms with Gasteiger partial charge in [0.2, 0.25) is 5.91 Å². The Kier molecular flexibility index (Phi) is 6.36. The Bertz CT molecular complexity index is 447. The molecular weight excluding hydrogens is 264 g/mol. The highest BCUT2D eigenvalue weighted by Gasteiger charge is 2.06. The number of rotatable bonds is 6. The van der Waals surface area contributed by atoms with Crippen molar-refractivity contribution in [1.82, 2.24) is 10.6 Å². The normalized spacial score (nSPS) is 10.3. The van der Waals surface area contributed by atoms with Gasteiger partial charge in [-0.3, -0.25) is 9.59 Å². The first-order valence-electron chi connectivity index (χ1n) is 6.29. The van der Waals surface area contributed by atoms with Crippen molar-refractivity contribution in [3.8, 4) is 0 Å². The van der Waals surface area contributed by atoms with Crippen LogP contribution in [0.1, 0.15) is 30.6 Å². The van der Waals surface area contributed by atoms with Gasteiger partial charge in [-0.25, -0.2) is 0 Å². The molecular formula is C14H19ClN2O2. The first-order valence-corrected chi connectivity index (χ1v) is 6.67. The third-order valence-corrected chi connectivity index (χ3v) is 2.65. The number of hydrogen-bond acceptors (Lipinski definition) is 2. The largest absolute Gasteiger partial charge is 0.354 e. The highest BCUT2D eigenvalue weighted by Crippen LogP contribution is 2.10. The summed E-state index contributed by atoms with van der Waals surface area (Å²) >= 11 is 5.80. The van der Waals surface area contributed by atoms with E-state index in [1.54, 1.807) is 24.3 Å². The summed E-state index contributed by atoms with van der Waals surface area (Å²) in [6.07, 6.45) is 0.502. The number of hydrogen-bond donors (Lipinski definition) is 2. The molecule has 1 rings (SSSR count). The van der Waals surface area contributed by atoms with Gasteiger partial charge in [-0.1, -0.05) is 31.5 Å². The average Bonchev–Trinajstić information content (AvgIpc) is 2.33. The molecule has 0 bridgehead atoms. The van der Waals surface area contributed by atoms with Crippen LogP contribution in [0.15, 0.2) is 24.3 Å². The second kappa shape index (κ2) is 7.79. The Balaban J connectivity index is 2.26. The zero-order valence-corrected chi connectivity index (χ0v) is 12.0. The second-order valence-electron chi connectivity index (χ2n) is 4.71. The van der Waals surface area contributed by atoms with E-state index in [2.05, 4.69) is 10.6 Å². The number of nitrogens with one attached hydrogen (secondary N) is 2. The summed E-state index contributed by atoms with van der Waals surface area (Å²) in [5, 5.41) is 6.00. The van der Waals surface area contributed by atoms with E-state index in [0.29, 0.717) is 36.0 Å². The van der Waals surface area contributed by atoms with Gasteiger partial charge < -0.3 is 10.6 Å². The number of carbonyl (C=O) groups is 2. The Morgan fingerprint density at radius 3 is 2.53 bits per heavy atom. The number of benzene rings is 1. The lowest BCUT2D eigenvalue weighted by Gasteiger charge is -2.08. The summed E-state index contributed by atoms with van der Waals surface area (Å²) in [4.78, 5) is 23.1. The van der Waals surface area contributed by atoms with E-state index in [4.69, 9.17) is 11.6 Å². The summed E-state index contributed by atoms with van der Waals surface area (Å²) < 4.78 is 0. The number of halogens is 1. The summed E-state index contributed by atoms with van der Waals surface area (Å²) in [6.45, 7) is 4.80. The van der Waals surface area contributed by atoms with E-state index in [1.807, 2.05) is 13.8 Å². The summed E-state index contributed by atoms with van der Waals surface area (Å²) in [7, 11) is 0. The van der Waals surface area contributed by atoms with E-state index in [1.165, 1.54) is 0 Å². The fourth-order valence-electron chi connectivity index (χ4n) is 1.55. The van der Waals surface area contributed by atoms with Crippen molar-refractivity contribution < 1.29 is 9.59 Å². The van der Waals surface area contributed by atoms with Crippen LogP contribution in [0.4, 0.5) is 0 Å². The van der Waals surface area contributed by atoms with Crippen molar-refractivity contribution in [2.24, 2.45) is 5.92 Å². The molecule has 104 valence electrons. The SMILES string of the molecule is CC(C)CC(=O)NCCNC(=O)c1cccc(Cl)c1. The quantitative estimate of drug-likeness (QED) is 0.786. The van der Waals surface area contributed by atoms with Crippen LogP contribution in [0.25, 0.3) is 0 Å². The minimum Gasteiger partial charge on any atom is -0.354 e. The van der Waals surface area contributed by atoms with Crippen LogP contribution < -0.4 is 10.6 Å². The fourth-order valence-corrected chi connectivity index (χ4v) is 1.74. The van der Waals surface area contributed by atoms with Crippen molar-refractivity contribution in [3.63, 3.8) is 0 Å². The molecule has 0 aliphatic rings. The lowest BCUT2D eigenvalue weighted by atomic mass is 10.1. The topological polar surface area (TPSA) is 58.2 Å². The van der Waals surface area contributed by atoms with Gasteiger partial charge in [-0.15, -0.1) is 0 Å². The molecule has 0 saturated carbocycles. The average molecular weight is 283 g/mol. The number of amides is 2. The lowest BCUT2D eigenvalue weighted by Crippen LogP contribution is -2.35. The van der Waals surface area contributed by atoms with Crippen LogP contribution in [0, 0.1) is 5.92 Å². The highest BCUT2D eigenvalue weighted by atomic mass is 35.5. The Hall–Kier alpha value is -1.55. The predicted molar refractivity (Wildman–Crippen MR) is 76.2 cm³/mol. The monoisotopic (exact) mass is 282 g/mol. The number of carbonyl (C=O) groups excluding carboxylic acids is 2. The van der Waals surface area contributed by atoms with Crippen LogP contribution in [-0.2, 0) is 4.79 Å². The lowest BCUT2D eigenvalue weighted by molar-refractivity contribution is -0.121. The molecule has 19 heavy (non-hydrogen) atoms. The van der Waals surface area contributed by atoms with E-state index in [-0.39, 0.29) is 11.8 Å². The molecule has 1 aromatic rings. The molecule has 0 fully saturated rings. The molecule has 0 aliphatic carbocycles. The predicted octanol–water partition coefficient (Wildman–Crippen LogP) is 2.23. The van der Waals surface area contributed by atoms with Crippen molar-refractivity contribution in [2.75, 3.05) is 13.1 Å². The van der Waals surface area contributed by atoms with Crippen LogP contribution in [-0.4, -0.2) is 24.9 Å². The molecule has 1 aromatic carbocycles. The molecule has 0 heterocycles. The molecule has 0 radical (unpaired) electrons. The van der Waals surface area contributed by atoms with Crippen LogP contribution >= 0.6 is 11.6 Å². The van der Waals surface area contributed by atoms with Gasteiger partial charge in [-0.05, 0) is 24.1 Å². The molecule has 0 unspecified atom stereocenters. The van der Waals surface area contributed by atoms with Crippen LogP contribution in [0.3, 0.4) is 0 Å². The Morgan fingerprint density at radius 2 is 1.89 bits per heavy atom. The molecule has 0 atom stereocenters. The van der Waals surface area contributed by atoms with Crippen molar-refractivity contribution in [3.05, 3.63) is 34.9 Å². The maximum Gasteiger partial charge on any atom is 0.251 e. The summed E-state index contributed by atoms with van der Waals surface area (Å²) in [5.41, 5.74) is 0.515. The molecule has 2 N–H and O–H groups in total. The second-order valence-corrected chi connectivity index (χ2v) is 5.15. The third-order valence-electron chi connectivity index (χ3n) is 2.41. The molecule has 2 amide bonds. The summed E-state index contributed by atoms with van der Waals surface area (Å²) in [6, 6.07) is 6.74. The molecule has 0 aromatic heterocycles. The minimum atomic E-state index is -0.194. The fraction of sp³-hybridized carbons (Fsp3) is 0.429. The van der Waals surface area contributed by atoms with Crippen molar-refractivity contribution >= 4 is 23.4 Å². The van der Waals surface area contributed by atoms with Crippen LogP contribution in [0.5, 0.6) is 0 Å². The Morgan fingerprint density at radius 1 is 1.21 bits per heavy atom. The van der Waals surface area contributed by atoms with Crippen molar-refractivity contribution in [2.45, 2.75) is 20.3 Å². The Labute approximate surface area is 118 Å². The van der Waals surface area contributed by atoms with E-state index in [9.17, 15) is 9.59 Å². The zero-order chi connectivity index (χ0) is 14.3. The third kappa shape index (κ3) is 6.25. The summed E-state index contributed by atoms with van der Waals surface area (Å²) in [5.74, 6) is 0.147. The van der Waals surface area contributed by atoms with E-state index >= 15 is 0 Å². The molecule has 0 aliphatic heterocycles. The van der Waals surface area contributed by atoms with Gasteiger partial charge in [0.1, 0.15) is 0 Å². The standard InChI is InChI=1S/C14H19ClN2O2/c1-10(2)8-13(18)16-6-7-17-14(19)11-4-3-5-12(15)9-11/h3-5,9-10H,6-8H2,1-2H3,(H,16,18)(H,17,19). The first kappa shape index (κ1) is 15.5. The van der Waals surface area contributed by atoms with Gasteiger partial charge in [0, 0.05) is 30.1 Å². The van der Waals surface area contributed by atoms with Gasteiger partial charge in [0.25, 0.3) is 5.91 Å². The van der Waals surface area contributed by atoms with Crippen LogP contribution in [0.2, 0.25) is 5.02 Å². The smallest absolute Gasteiger partial charge is 0.251 e.